The molecular formula is C35H38O7S2. The second-order valence-electron chi connectivity index (χ2n) is 12.2. The van der Waals surface area contributed by atoms with Gasteiger partial charge in [0.05, 0.1) is 21.3 Å². The molecule has 3 aromatic rings. The van der Waals surface area contributed by atoms with Crippen molar-refractivity contribution in [3.63, 3.8) is 0 Å². The van der Waals surface area contributed by atoms with Gasteiger partial charge in [0, 0.05) is 39.7 Å². The zero-order chi connectivity index (χ0) is 30.5. The highest BCUT2D eigenvalue weighted by Crippen LogP contribution is 2.57. The number of hydrogen-bond acceptors (Lipinski definition) is 9. The van der Waals surface area contributed by atoms with E-state index in [1.807, 2.05) is 39.8 Å². The molecule has 3 aromatic carbocycles. The fourth-order valence-electron chi connectivity index (χ4n) is 7.59. The Morgan fingerprint density at radius 3 is 2.45 bits per heavy atom. The average Bonchev–Trinajstić information content (AvgIpc) is 3.04. The second-order valence-corrected chi connectivity index (χ2v) is 14.8. The molecule has 4 aliphatic rings. The van der Waals surface area contributed by atoms with Crippen LogP contribution in [0.1, 0.15) is 65.9 Å². The van der Waals surface area contributed by atoms with Crippen LogP contribution < -0.4 is 18.9 Å². The van der Waals surface area contributed by atoms with Crippen molar-refractivity contribution in [1.29, 1.82) is 0 Å². The van der Waals surface area contributed by atoms with Crippen molar-refractivity contribution in [1.82, 2.24) is 0 Å². The van der Waals surface area contributed by atoms with Gasteiger partial charge in [-0.05, 0) is 84.9 Å². The van der Waals surface area contributed by atoms with Crippen molar-refractivity contribution in [2.45, 2.75) is 61.4 Å². The van der Waals surface area contributed by atoms with Crippen molar-refractivity contribution in [2.24, 2.45) is 5.92 Å². The number of hydrogen-bond donors (Lipinski definition) is 3. The zero-order valence-electron chi connectivity index (χ0n) is 25.1. The monoisotopic (exact) mass is 634 g/mol. The molecule has 2 heterocycles. The van der Waals surface area contributed by atoms with Gasteiger partial charge >= 0.3 is 0 Å². The summed E-state index contributed by atoms with van der Waals surface area (Å²) >= 11 is 0. The van der Waals surface area contributed by atoms with E-state index in [4.69, 9.17) is 18.9 Å². The first-order chi connectivity index (χ1) is 21.4. The Bertz CT molecular complexity index is 1580. The first-order valence-corrected chi connectivity index (χ1v) is 17.6. The minimum Gasteiger partial charge on any atom is -0.508 e. The number of rotatable bonds is 4. The van der Waals surface area contributed by atoms with Crippen molar-refractivity contribution in [3.05, 3.63) is 70.8 Å². The molecule has 0 radical (unpaired) electrons. The fourth-order valence-corrected chi connectivity index (χ4v) is 10.5. The highest BCUT2D eigenvalue weighted by Gasteiger charge is 2.43. The highest BCUT2D eigenvalue weighted by atomic mass is 33.1. The number of allylic oxidation sites excluding steroid dienone is 1. The lowest BCUT2D eigenvalue weighted by Gasteiger charge is -2.41. The van der Waals surface area contributed by atoms with Gasteiger partial charge in [0.25, 0.3) is 0 Å². The Hall–Kier alpha value is -3.14. The van der Waals surface area contributed by atoms with E-state index in [0.717, 1.165) is 59.9 Å². The van der Waals surface area contributed by atoms with Crippen LogP contribution in [0.2, 0.25) is 0 Å². The lowest BCUT2D eigenvalue weighted by atomic mass is 9.71. The van der Waals surface area contributed by atoms with Gasteiger partial charge in [-0.15, -0.1) is 0 Å². The number of aliphatic hydroxyl groups is 1. The van der Waals surface area contributed by atoms with E-state index >= 15 is 0 Å². The maximum absolute atomic E-state index is 12.2. The number of aromatic hydroxyl groups is 2. The molecular weight excluding hydrogens is 597 g/mol. The van der Waals surface area contributed by atoms with Gasteiger partial charge in [-0.2, -0.15) is 0 Å². The summed E-state index contributed by atoms with van der Waals surface area (Å²) in [5.41, 5.74) is 6.12. The number of phenolic OH excluding ortho intramolecular Hbond substituents is 2. The molecule has 0 fully saturated rings. The van der Waals surface area contributed by atoms with E-state index in [2.05, 4.69) is 12.2 Å². The Morgan fingerprint density at radius 2 is 1.70 bits per heavy atom. The van der Waals surface area contributed by atoms with Crippen LogP contribution in [0.3, 0.4) is 0 Å². The Labute approximate surface area is 266 Å². The number of benzene rings is 3. The molecule has 7 rings (SSSR count). The van der Waals surface area contributed by atoms with Crippen molar-refractivity contribution >= 4 is 21.6 Å². The minimum absolute atomic E-state index is 0.0937. The van der Waals surface area contributed by atoms with E-state index in [1.54, 1.807) is 25.3 Å². The maximum atomic E-state index is 12.2. The first-order valence-electron chi connectivity index (χ1n) is 15.2. The summed E-state index contributed by atoms with van der Waals surface area (Å²) in [7, 11) is 8.38. The van der Waals surface area contributed by atoms with Crippen LogP contribution in [0.25, 0.3) is 11.1 Å². The van der Waals surface area contributed by atoms with Gasteiger partial charge < -0.3 is 34.3 Å². The summed E-state index contributed by atoms with van der Waals surface area (Å²) in [6.45, 7) is 0. The molecule has 0 saturated heterocycles. The molecule has 0 spiro atoms. The highest BCUT2D eigenvalue weighted by molar-refractivity contribution is 8.77. The summed E-state index contributed by atoms with van der Waals surface area (Å²) < 4.78 is 23.6. The molecule has 2 aliphatic carbocycles. The van der Waals surface area contributed by atoms with Crippen molar-refractivity contribution in [2.75, 3.05) is 27.1 Å². The van der Waals surface area contributed by atoms with Gasteiger partial charge in [0.2, 0.25) is 5.75 Å². The van der Waals surface area contributed by atoms with E-state index in [1.165, 1.54) is 14.2 Å². The largest absolute Gasteiger partial charge is 0.508 e. The molecule has 6 unspecified atom stereocenters. The lowest BCUT2D eigenvalue weighted by Crippen LogP contribution is -2.37. The number of ether oxygens (including phenoxy) is 4. The smallest absolute Gasteiger partial charge is 0.200 e. The summed E-state index contributed by atoms with van der Waals surface area (Å²) in [4.78, 5) is 0. The van der Waals surface area contributed by atoms with E-state index in [9.17, 15) is 15.3 Å². The predicted octanol–water partition coefficient (Wildman–Crippen LogP) is 7.52. The third-order valence-corrected chi connectivity index (χ3v) is 12.5. The van der Waals surface area contributed by atoms with Crippen LogP contribution in [0.5, 0.6) is 34.5 Å². The molecule has 2 aliphatic heterocycles. The van der Waals surface area contributed by atoms with Gasteiger partial charge in [-0.25, -0.2) is 0 Å². The SMILES string of the molecule is COc1cc(C2Oc3cc(OC)c4c5c3C(CSSC3C=CCC(CCC(C5)c5cc(O)ccc5-4)C3)C2O)cc(OC)c1O. The number of methoxy groups -OCH3 is 3. The zero-order valence-corrected chi connectivity index (χ0v) is 26.7. The topological polar surface area (TPSA) is 97.6 Å². The molecule has 0 aromatic heterocycles. The van der Waals surface area contributed by atoms with E-state index < -0.39 is 12.2 Å². The summed E-state index contributed by atoms with van der Waals surface area (Å²) in [6, 6.07) is 11.1. The van der Waals surface area contributed by atoms with Crippen LogP contribution in [0.4, 0.5) is 0 Å². The summed E-state index contributed by atoms with van der Waals surface area (Å²) in [5, 5.41) is 33.7. The number of phenols is 2. The second kappa shape index (κ2) is 12.0. The van der Waals surface area contributed by atoms with Crippen LogP contribution in [0.15, 0.2) is 48.6 Å². The first kappa shape index (κ1) is 29.6. The van der Waals surface area contributed by atoms with Crippen molar-refractivity contribution < 1.29 is 34.3 Å². The standard InChI is InChI=1S/C35H38O7S2/c1-39-27-16-28-32-25-12-19(24-15-21(36)9-10-23(24)31(25)27)8-7-18-5-4-6-22(11-18)44-43-17-26(32)33(37)35(42-28)20-13-29(40-2)34(38)30(14-20)41-3/h4,6,9-10,13-16,18-19,22,26,33,35-38H,5,7-8,11-12,17H2,1-3H3. The molecule has 9 heteroatoms. The molecule has 6 atom stereocenters. The summed E-state index contributed by atoms with van der Waals surface area (Å²) in [6.07, 6.45) is 8.29. The molecule has 3 N–H and O–H groups in total. The Morgan fingerprint density at radius 1 is 0.932 bits per heavy atom. The molecule has 0 saturated carbocycles. The van der Waals surface area contributed by atoms with Crippen LogP contribution in [0, 0.1) is 5.92 Å². The average molecular weight is 635 g/mol. The van der Waals surface area contributed by atoms with Gasteiger partial charge in [-0.1, -0.05) is 39.8 Å². The number of fused-ring (bicyclic) bond motifs is 6. The molecule has 7 nitrogen and oxygen atoms in total. The van der Waals surface area contributed by atoms with E-state index in [-0.39, 0.29) is 34.8 Å². The van der Waals surface area contributed by atoms with Crippen LogP contribution in [-0.2, 0) is 6.42 Å². The third-order valence-electron chi connectivity index (χ3n) is 9.74. The Kier molecular flexibility index (Phi) is 8.05. The molecule has 232 valence electrons. The third kappa shape index (κ3) is 5.07. The van der Waals surface area contributed by atoms with Gasteiger partial charge in [0.1, 0.15) is 23.4 Å². The van der Waals surface area contributed by atoms with Gasteiger partial charge in [0.15, 0.2) is 17.6 Å². The van der Waals surface area contributed by atoms with E-state index in [0.29, 0.717) is 34.0 Å². The molecule has 0 amide bonds. The van der Waals surface area contributed by atoms with Crippen LogP contribution in [-0.4, -0.2) is 53.8 Å². The fraction of sp³-hybridized carbons (Fsp3) is 0.429. The minimum atomic E-state index is -0.869. The molecule has 4 bridgehead atoms. The van der Waals surface area contributed by atoms with Gasteiger partial charge in [-0.3, -0.25) is 0 Å². The molecule has 44 heavy (non-hydrogen) atoms. The maximum Gasteiger partial charge on any atom is 0.200 e. The van der Waals surface area contributed by atoms with Crippen molar-refractivity contribution in [3.8, 4) is 45.6 Å². The summed E-state index contributed by atoms with van der Waals surface area (Å²) in [5.74, 6) is 3.44. The Balaban J connectivity index is 1.41. The normalized spacial score (nSPS) is 27.1. The lowest BCUT2D eigenvalue weighted by molar-refractivity contribution is 0.00421. The van der Waals surface area contributed by atoms with Crippen LogP contribution >= 0.6 is 21.6 Å². The quantitative estimate of drug-likeness (QED) is 0.199. The number of aliphatic hydroxyl groups excluding tert-OH is 1. The predicted molar refractivity (Wildman–Crippen MR) is 175 cm³/mol.